The molecule has 1 aliphatic rings. The monoisotopic (exact) mass is 398 g/mol. The second kappa shape index (κ2) is 8.76. The van der Waals surface area contributed by atoms with Crippen molar-refractivity contribution >= 4 is 27.7 Å². The van der Waals surface area contributed by atoms with Crippen LogP contribution in [0.1, 0.15) is 39.2 Å². The van der Waals surface area contributed by atoms with Gasteiger partial charge in [-0.05, 0) is 31.9 Å². The first-order valence-electron chi connectivity index (χ1n) is 9.08. The van der Waals surface area contributed by atoms with Crippen LogP contribution in [0.4, 0.5) is 0 Å². The second-order valence-corrected chi connectivity index (χ2v) is 11.6. The van der Waals surface area contributed by atoms with Crippen LogP contribution in [0.3, 0.4) is 0 Å². The van der Waals surface area contributed by atoms with Gasteiger partial charge >= 0.3 is 0 Å². The summed E-state index contributed by atoms with van der Waals surface area (Å²) in [5, 5.41) is 2.96. The molecule has 5 nitrogen and oxygen atoms in total. The summed E-state index contributed by atoms with van der Waals surface area (Å²) < 4.78 is 27.3. The van der Waals surface area contributed by atoms with Crippen LogP contribution in [-0.2, 0) is 14.8 Å². The predicted molar refractivity (Wildman–Crippen MR) is 108 cm³/mol. The standard InChI is InChI=1S/C19H30N2O3S2/c1-15-7-9-17(10-8-15)26(23,24)21-12-5-6-16(14-21)18(22)20-11-13-25-19(2,3)4/h7-10,16H,5-6,11-14H2,1-4H3,(H,20,22)/t16-/m0/s1. The molecule has 1 amide bonds. The number of hydrogen-bond donors (Lipinski definition) is 1. The van der Waals surface area contributed by atoms with Crippen LogP contribution in [0.15, 0.2) is 29.2 Å². The van der Waals surface area contributed by atoms with Gasteiger partial charge in [0.05, 0.1) is 10.8 Å². The predicted octanol–water partition coefficient (Wildman–Crippen LogP) is 3.04. The van der Waals surface area contributed by atoms with E-state index < -0.39 is 10.0 Å². The van der Waals surface area contributed by atoms with E-state index in [4.69, 9.17) is 0 Å². The van der Waals surface area contributed by atoms with E-state index in [0.29, 0.717) is 24.4 Å². The minimum absolute atomic E-state index is 0.0386. The van der Waals surface area contributed by atoms with E-state index in [1.54, 1.807) is 36.0 Å². The normalized spacial score (nSPS) is 19.3. The van der Waals surface area contributed by atoms with Crippen molar-refractivity contribution in [2.75, 3.05) is 25.4 Å². The van der Waals surface area contributed by atoms with E-state index >= 15 is 0 Å². The number of amides is 1. The zero-order chi connectivity index (χ0) is 19.4. The number of aryl methyl sites for hydroxylation is 1. The minimum atomic E-state index is -3.54. The SMILES string of the molecule is Cc1ccc(S(=O)(=O)N2CCC[C@H](C(=O)NCCSC(C)(C)C)C2)cc1. The number of thioether (sulfide) groups is 1. The summed E-state index contributed by atoms with van der Waals surface area (Å²) in [6.07, 6.45) is 1.44. The second-order valence-electron chi connectivity index (χ2n) is 7.77. The Balaban J connectivity index is 1.93. The van der Waals surface area contributed by atoms with Gasteiger partial charge in [-0.2, -0.15) is 16.1 Å². The lowest BCUT2D eigenvalue weighted by atomic mass is 9.99. The largest absolute Gasteiger partial charge is 0.355 e. The molecule has 7 heteroatoms. The summed E-state index contributed by atoms with van der Waals surface area (Å²) in [6.45, 7) is 9.71. The van der Waals surface area contributed by atoms with Gasteiger partial charge < -0.3 is 5.32 Å². The van der Waals surface area contributed by atoms with Crippen LogP contribution >= 0.6 is 11.8 Å². The molecule has 0 aromatic heterocycles. The number of sulfonamides is 1. The first-order valence-corrected chi connectivity index (χ1v) is 11.5. The number of nitrogens with zero attached hydrogens (tertiary/aromatic N) is 1. The van der Waals surface area contributed by atoms with Crippen molar-refractivity contribution in [1.29, 1.82) is 0 Å². The third-order valence-corrected chi connectivity index (χ3v) is 7.50. The molecule has 1 aliphatic heterocycles. The molecule has 0 bridgehead atoms. The van der Waals surface area contributed by atoms with Crippen LogP contribution in [0.25, 0.3) is 0 Å². The molecule has 1 heterocycles. The number of rotatable bonds is 6. The Morgan fingerprint density at radius 2 is 1.92 bits per heavy atom. The molecule has 0 saturated carbocycles. The summed E-state index contributed by atoms with van der Waals surface area (Å²) in [6, 6.07) is 6.87. The first kappa shape index (κ1) is 21.3. The van der Waals surface area contributed by atoms with Crippen LogP contribution in [0.2, 0.25) is 0 Å². The van der Waals surface area contributed by atoms with Gasteiger partial charge in [-0.3, -0.25) is 4.79 Å². The topological polar surface area (TPSA) is 66.5 Å². The van der Waals surface area contributed by atoms with Crippen molar-refractivity contribution in [3.63, 3.8) is 0 Å². The molecule has 146 valence electrons. The third kappa shape index (κ3) is 5.99. The Labute approximate surface area is 162 Å². The molecule has 1 N–H and O–H groups in total. The van der Waals surface area contributed by atoms with Gasteiger partial charge in [0.2, 0.25) is 15.9 Å². The molecule has 0 radical (unpaired) electrons. The highest BCUT2D eigenvalue weighted by atomic mass is 32.2. The fourth-order valence-electron chi connectivity index (χ4n) is 2.91. The van der Waals surface area contributed by atoms with Crippen LogP contribution < -0.4 is 5.32 Å². The summed E-state index contributed by atoms with van der Waals surface area (Å²) in [5.74, 6) is 0.541. The maximum atomic E-state index is 12.8. The van der Waals surface area contributed by atoms with Crippen molar-refractivity contribution < 1.29 is 13.2 Å². The van der Waals surface area contributed by atoms with Gasteiger partial charge in [0.25, 0.3) is 0 Å². The fourth-order valence-corrected chi connectivity index (χ4v) is 5.25. The summed E-state index contributed by atoms with van der Waals surface area (Å²) in [5.41, 5.74) is 1.02. The van der Waals surface area contributed by atoms with Crippen molar-refractivity contribution in [2.24, 2.45) is 5.92 Å². The maximum absolute atomic E-state index is 12.8. The highest BCUT2D eigenvalue weighted by molar-refractivity contribution is 8.00. The molecule has 1 aromatic carbocycles. The molecule has 26 heavy (non-hydrogen) atoms. The molecule has 1 aromatic rings. The zero-order valence-electron chi connectivity index (χ0n) is 16.1. The number of nitrogens with one attached hydrogen (secondary N) is 1. The maximum Gasteiger partial charge on any atom is 0.243 e. The molecule has 1 atom stereocenters. The molecule has 0 aliphatic carbocycles. The zero-order valence-corrected chi connectivity index (χ0v) is 17.8. The minimum Gasteiger partial charge on any atom is -0.355 e. The average Bonchev–Trinajstić information content (AvgIpc) is 2.58. The highest BCUT2D eigenvalue weighted by Gasteiger charge is 2.33. The van der Waals surface area contributed by atoms with Gasteiger partial charge in [-0.1, -0.05) is 38.5 Å². The third-order valence-electron chi connectivity index (χ3n) is 4.35. The van der Waals surface area contributed by atoms with Gasteiger partial charge in [0, 0.05) is 30.1 Å². The number of benzene rings is 1. The highest BCUT2D eigenvalue weighted by Crippen LogP contribution is 2.25. The first-order chi connectivity index (χ1) is 12.1. The van der Waals surface area contributed by atoms with Gasteiger partial charge in [0.1, 0.15) is 0 Å². The quantitative estimate of drug-likeness (QED) is 0.748. The van der Waals surface area contributed by atoms with Crippen molar-refractivity contribution in [2.45, 2.75) is 50.2 Å². The Morgan fingerprint density at radius 1 is 1.27 bits per heavy atom. The van der Waals surface area contributed by atoms with Gasteiger partial charge in [0.15, 0.2) is 0 Å². The van der Waals surface area contributed by atoms with Crippen LogP contribution in [0, 0.1) is 12.8 Å². The Hall–Kier alpha value is -1.05. The Morgan fingerprint density at radius 3 is 2.54 bits per heavy atom. The summed E-state index contributed by atoms with van der Waals surface area (Å²) in [7, 11) is -3.54. The lowest BCUT2D eigenvalue weighted by Crippen LogP contribution is -2.45. The van der Waals surface area contributed by atoms with E-state index in [-0.39, 0.29) is 23.1 Å². The number of carbonyl (C=O) groups excluding carboxylic acids is 1. The van der Waals surface area contributed by atoms with E-state index in [2.05, 4.69) is 26.1 Å². The molecule has 0 unspecified atom stereocenters. The summed E-state index contributed by atoms with van der Waals surface area (Å²) in [4.78, 5) is 12.7. The molecule has 1 saturated heterocycles. The van der Waals surface area contributed by atoms with E-state index in [1.165, 1.54) is 4.31 Å². The van der Waals surface area contributed by atoms with E-state index in [1.807, 2.05) is 6.92 Å². The Bertz CT molecular complexity index is 709. The Kier molecular flexibility index (Phi) is 7.16. The van der Waals surface area contributed by atoms with Crippen molar-refractivity contribution in [1.82, 2.24) is 9.62 Å². The number of piperidine rings is 1. The van der Waals surface area contributed by atoms with Crippen molar-refractivity contribution in [3.8, 4) is 0 Å². The molecule has 1 fully saturated rings. The van der Waals surface area contributed by atoms with Crippen LogP contribution in [-0.4, -0.2) is 48.8 Å². The number of carbonyl (C=O) groups is 1. The van der Waals surface area contributed by atoms with Crippen molar-refractivity contribution in [3.05, 3.63) is 29.8 Å². The van der Waals surface area contributed by atoms with Gasteiger partial charge in [-0.25, -0.2) is 8.42 Å². The molecular formula is C19H30N2O3S2. The average molecular weight is 399 g/mol. The lowest BCUT2D eigenvalue weighted by Gasteiger charge is -2.31. The molecule has 0 spiro atoms. The van der Waals surface area contributed by atoms with Gasteiger partial charge in [-0.15, -0.1) is 0 Å². The smallest absolute Gasteiger partial charge is 0.243 e. The lowest BCUT2D eigenvalue weighted by molar-refractivity contribution is -0.125. The molecule has 2 rings (SSSR count). The van der Waals surface area contributed by atoms with Crippen LogP contribution in [0.5, 0.6) is 0 Å². The fraction of sp³-hybridized carbons (Fsp3) is 0.632. The summed E-state index contributed by atoms with van der Waals surface area (Å²) >= 11 is 1.80. The van der Waals surface area contributed by atoms with E-state index in [9.17, 15) is 13.2 Å². The number of hydrogen-bond acceptors (Lipinski definition) is 4. The molecular weight excluding hydrogens is 368 g/mol. The van der Waals surface area contributed by atoms with E-state index in [0.717, 1.165) is 17.7 Å².